The normalized spacial score (nSPS) is 17.0. The second kappa shape index (κ2) is 12.7. The average Bonchev–Trinajstić information content (AvgIpc) is 3.32. The van der Waals surface area contributed by atoms with Gasteiger partial charge in [0.05, 0.1) is 25.0 Å². The molecule has 1 fully saturated rings. The Morgan fingerprint density at radius 2 is 1.92 bits per heavy atom. The molecule has 3 amide bonds. The Labute approximate surface area is 229 Å². The van der Waals surface area contributed by atoms with E-state index in [4.69, 9.17) is 53.8 Å². The Hall–Kier alpha value is -2.69. The largest absolute Gasteiger partial charge is 0.493 e. The number of imide groups is 1. The molecule has 0 unspecified atom stereocenters. The first-order valence-electron chi connectivity index (χ1n) is 11.6. The van der Waals surface area contributed by atoms with Crippen molar-refractivity contribution in [3.8, 4) is 11.5 Å². The zero-order chi connectivity index (χ0) is 27.2. The quantitative estimate of drug-likeness (QED) is 0.174. The number of rotatable bonds is 10. The molecule has 0 bridgehead atoms. The van der Waals surface area contributed by atoms with Crippen molar-refractivity contribution in [2.45, 2.75) is 41.9 Å². The summed E-state index contributed by atoms with van der Waals surface area (Å²) in [5.74, 6) is -0.991. The molecule has 0 aliphatic carbocycles. The molecule has 1 atom stereocenters. The van der Waals surface area contributed by atoms with E-state index in [0.717, 1.165) is 4.90 Å². The molecular weight excluding hydrogens is 551 g/mol. The molecule has 0 aromatic heterocycles. The highest BCUT2D eigenvalue weighted by Crippen LogP contribution is 2.40. The highest BCUT2D eigenvalue weighted by atomic mass is 35.6. The number of carbonyl (C=O) groups is 4. The SMILES string of the molecule is C=CCOC(=O)N1C(=O)[C@@H]2CCCN2C(=O)c2cc(OC)c(OCCCCC(=O)OCC(Cl)(Cl)Cl)cc21. The molecule has 1 saturated heterocycles. The van der Waals surface area contributed by atoms with Gasteiger partial charge in [-0.15, -0.1) is 0 Å². The van der Waals surface area contributed by atoms with Gasteiger partial charge in [0, 0.05) is 19.0 Å². The summed E-state index contributed by atoms with van der Waals surface area (Å²) in [5, 5.41) is 0. The fourth-order valence-corrected chi connectivity index (χ4v) is 4.20. The van der Waals surface area contributed by atoms with Gasteiger partial charge in [0.25, 0.3) is 11.8 Å². The van der Waals surface area contributed by atoms with Crippen LogP contribution in [0.2, 0.25) is 0 Å². The lowest BCUT2D eigenvalue weighted by molar-refractivity contribution is -0.143. The van der Waals surface area contributed by atoms with E-state index in [9.17, 15) is 19.2 Å². The molecule has 2 aliphatic heterocycles. The van der Waals surface area contributed by atoms with Crippen molar-refractivity contribution in [2.24, 2.45) is 0 Å². The zero-order valence-corrected chi connectivity index (χ0v) is 22.4. The molecule has 1 aromatic rings. The topological polar surface area (TPSA) is 112 Å². The molecule has 37 heavy (non-hydrogen) atoms. The van der Waals surface area contributed by atoms with E-state index in [1.807, 2.05) is 0 Å². The van der Waals surface area contributed by atoms with Crippen LogP contribution in [0.1, 0.15) is 42.5 Å². The van der Waals surface area contributed by atoms with E-state index in [-0.39, 0.29) is 54.9 Å². The average molecular weight is 578 g/mol. The minimum Gasteiger partial charge on any atom is -0.493 e. The maximum atomic E-state index is 13.3. The van der Waals surface area contributed by atoms with Gasteiger partial charge in [-0.3, -0.25) is 14.4 Å². The van der Waals surface area contributed by atoms with E-state index < -0.39 is 27.8 Å². The number of nitrogens with zero attached hydrogens (tertiary/aromatic N) is 2. The predicted octanol–water partition coefficient (Wildman–Crippen LogP) is 4.43. The van der Waals surface area contributed by atoms with Crippen LogP contribution in [0.15, 0.2) is 24.8 Å². The van der Waals surface area contributed by atoms with E-state index in [1.165, 1.54) is 30.2 Å². The van der Waals surface area contributed by atoms with Gasteiger partial charge in [-0.05, 0) is 31.7 Å². The van der Waals surface area contributed by atoms with Gasteiger partial charge < -0.3 is 23.8 Å². The summed E-state index contributed by atoms with van der Waals surface area (Å²) in [6, 6.07) is 2.09. The number of fused-ring (bicyclic) bond motifs is 2. The number of ether oxygens (including phenoxy) is 4. The van der Waals surface area contributed by atoms with Crippen LogP contribution < -0.4 is 14.4 Å². The van der Waals surface area contributed by atoms with Crippen LogP contribution in [0.3, 0.4) is 0 Å². The number of alkyl halides is 3. The maximum Gasteiger partial charge on any atom is 0.421 e. The van der Waals surface area contributed by atoms with E-state index in [0.29, 0.717) is 32.2 Å². The van der Waals surface area contributed by atoms with Crippen LogP contribution >= 0.6 is 34.8 Å². The minimum absolute atomic E-state index is 0.0459. The van der Waals surface area contributed by atoms with Crippen LogP contribution in [0.25, 0.3) is 0 Å². The second-order valence-corrected chi connectivity index (χ2v) is 10.8. The Kier molecular flexibility index (Phi) is 9.92. The van der Waals surface area contributed by atoms with Gasteiger partial charge in [-0.25, -0.2) is 9.69 Å². The first kappa shape index (κ1) is 28.9. The summed E-state index contributed by atoms with van der Waals surface area (Å²) in [6.07, 6.45) is 2.52. The van der Waals surface area contributed by atoms with Gasteiger partial charge in [0.1, 0.15) is 19.3 Å². The maximum absolute atomic E-state index is 13.3. The fourth-order valence-electron chi connectivity index (χ4n) is 4.04. The number of carbonyl (C=O) groups excluding carboxylic acids is 4. The third kappa shape index (κ3) is 7.21. The minimum atomic E-state index is -1.68. The number of esters is 1. The van der Waals surface area contributed by atoms with Crippen molar-refractivity contribution < 1.29 is 38.1 Å². The van der Waals surface area contributed by atoms with Crippen LogP contribution in [0.5, 0.6) is 11.5 Å². The van der Waals surface area contributed by atoms with Crippen LogP contribution in [0.4, 0.5) is 10.5 Å². The third-order valence-corrected chi connectivity index (χ3v) is 6.04. The van der Waals surface area contributed by atoms with Crippen molar-refractivity contribution in [1.29, 1.82) is 0 Å². The predicted molar refractivity (Wildman–Crippen MR) is 137 cm³/mol. The molecule has 0 N–H and O–H groups in total. The molecule has 2 aliphatic rings. The van der Waals surface area contributed by atoms with Gasteiger partial charge in [-0.1, -0.05) is 47.5 Å². The Morgan fingerprint density at radius 3 is 2.59 bits per heavy atom. The summed E-state index contributed by atoms with van der Waals surface area (Å²) in [6.45, 7) is 3.63. The van der Waals surface area contributed by atoms with Crippen LogP contribution in [-0.2, 0) is 19.1 Å². The fraction of sp³-hybridized carbons (Fsp3) is 0.500. The number of anilines is 1. The number of unbranched alkanes of at least 4 members (excludes halogenated alkanes) is 1. The molecular formula is C24H27Cl3N2O8. The van der Waals surface area contributed by atoms with Gasteiger partial charge in [-0.2, -0.15) is 0 Å². The summed E-state index contributed by atoms with van der Waals surface area (Å²) in [4.78, 5) is 53.6. The highest BCUT2D eigenvalue weighted by Gasteiger charge is 2.45. The van der Waals surface area contributed by atoms with Crippen LogP contribution in [-0.4, -0.2) is 72.1 Å². The molecule has 10 nitrogen and oxygen atoms in total. The van der Waals surface area contributed by atoms with Crippen molar-refractivity contribution >= 4 is 64.4 Å². The summed E-state index contributed by atoms with van der Waals surface area (Å²) in [7, 11) is 1.41. The van der Waals surface area contributed by atoms with Crippen molar-refractivity contribution in [3.05, 3.63) is 30.4 Å². The molecule has 0 spiro atoms. The Balaban J connectivity index is 1.77. The standard InChI is InChI=1S/C24H27Cl3N2O8/c1-3-10-36-23(33)29-17-13-19(35-11-5-4-8-20(30)37-14-24(25,26)27)18(34-2)12-15(17)21(31)28-9-6-7-16(28)22(29)32/h3,12-13,16H,1,4-11,14H2,2H3/t16-/m0/s1. The lowest BCUT2D eigenvalue weighted by Crippen LogP contribution is -2.47. The number of hydrogen-bond donors (Lipinski definition) is 0. The summed E-state index contributed by atoms with van der Waals surface area (Å²) >= 11 is 16.7. The van der Waals surface area contributed by atoms with E-state index in [1.54, 1.807) is 0 Å². The molecule has 1 aromatic carbocycles. The van der Waals surface area contributed by atoms with E-state index >= 15 is 0 Å². The monoisotopic (exact) mass is 576 g/mol. The third-order valence-electron chi connectivity index (χ3n) is 5.71. The van der Waals surface area contributed by atoms with E-state index in [2.05, 4.69) is 6.58 Å². The zero-order valence-electron chi connectivity index (χ0n) is 20.2. The molecule has 0 saturated carbocycles. The number of hydrogen-bond acceptors (Lipinski definition) is 8. The molecule has 202 valence electrons. The molecule has 13 heteroatoms. The number of amides is 3. The van der Waals surface area contributed by atoms with Crippen molar-refractivity contribution in [1.82, 2.24) is 4.90 Å². The number of methoxy groups -OCH3 is 1. The Bertz CT molecular complexity index is 1060. The Morgan fingerprint density at radius 1 is 1.16 bits per heavy atom. The lowest BCUT2D eigenvalue weighted by atomic mass is 10.1. The summed E-state index contributed by atoms with van der Waals surface area (Å²) in [5.41, 5.74) is 0.166. The van der Waals surface area contributed by atoms with Crippen molar-refractivity contribution in [2.75, 3.05) is 38.4 Å². The molecule has 0 radical (unpaired) electrons. The number of halogens is 3. The first-order valence-corrected chi connectivity index (χ1v) is 12.7. The molecule has 3 rings (SSSR count). The van der Waals surface area contributed by atoms with Gasteiger partial charge in [0.15, 0.2) is 11.5 Å². The van der Waals surface area contributed by atoms with Crippen molar-refractivity contribution in [3.63, 3.8) is 0 Å². The number of benzene rings is 1. The van der Waals surface area contributed by atoms with Crippen LogP contribution in [0, 0.1) is 0 Å². The highest BCUT2D eigenvalue weighted by molar-refractivity contribution is 6.67. The smallest absolute Gasteiger partial charge is 0.421 e. The second-order valence-electron chi connectivity index (χ2n) is 8.30. The molecule has 2 heterocycles. The van der Waals surface area contributed by atoms with Gasteiger partial charge >= 0.3 is 12.1 Å². The summed E-state index contributed by atoms with van der Waals surface area (Å²) < 4.78 is 19.6. The lowest BCUT2D eigenvalue weighted by Gasteiger charge is -2.24. The first-order chi connectivity index (χ1) is 17.6. The van der Waals surface area contributed by atoms with Gasteiger partial charge in [0.2, 0.25) is 3.79 Å².